The minimum absolute atomic E-state index is 0.113. The quantitative estimate of drug-likeness (QED) is 0.786. The Bertz CT molecular complexity index is 1040. The van der Waals surface area contributed by atoms with E-state index >= 15 is 0 Å². The van der Waals surface area contributed by atoms with Gasteiger partial charge in [0.15, 0.2) is 9.84 Å². The second-order valence-corrected chi connectivity index (χ2v) is 7.48. The third-order valence-electron chi connectivity index (χ3n) is 3.75. The minimum atomic E-state index is -3.46. The molecule has 0 radical (unpaired) electrons. The number of aryl methyl sites for hydroxylation is 1. The molecule has 0 saturated carbocycles. The zero-order valence-electron chi connectivity index (χ0n) is 12.9. The van der Waals surface area contributed by atoms with E-state index in [1.807, 2.05) is 0 Å². The predicted molar refractivity (Wildman–Crippen MR) is 84.3 cm³/mol. The molecule has 24 heavy (non-hydrogen) atoms. The van der Waals surface area contributed by atoms with Crippen molar-refractivity contribution in [3.63, 3.8) is 0 Å². The molecule has 8 heteroatoms. The minimum Gasteiger partial charge on any atom is -0.390 e. The van der Waals surface area contributed by atoms with Crippen LogP contribution < -0.4 is 0 Å². The maximum atomic E-state index is 13.5. The monoisotopic (exact) mass is 352 g/mol. The molecule has 0 spiro atoms. The summed E-state index contributed by atoms with van der Waals surface area (Å²) >= 11 is 0. The smallest absolute Gasteiger partial charge is 0.175 e. The Labute approximate surface area is 137 Å². The molecule has 0 fully saturated rings. The van der Waals surface area contributed by atoms with Crippen molar-refractivity contribution < 1.29 is 22.3 Å². The van der Waals surface area contributed by atoms with Crippen molar-refractivity contribution >= 4 is 15.4 Å². The summed E-state index contributed by atoms with van der Waals surface area (Å²) in [5.74, 6) is -1.29. The van der Waals surface area contributed by atoms with Crippen molar-refractivity contribution in [3.05, 3.63) is 53.4 Å². The molecule has 0 saturated heterocycles. The van der Waals surface area contributed by atoms with Gasteiger partial charge in [0.1, 0.15) is 17.5 Å². The Morgan fingerprint density at radius 2 is 1.83 bits per heavy atom. The van der Waals surface area contributed by atoms with E-state index in [-0.39, 0.29) is 22.0 Å². The lowest BCUT2D eigenvalue weighted by Gasteiger charge is -2.08. The number of sulfone groups is 1. The van der Waals surface area contributed by atoms with Crippen molar-refractivity contribution in [2.24, 2.45) is 0 Å². The fraction of sp³-hybridized carbons (Fsp3) is 0.188. The van der Waals surface area contributed by atoms with Crippen LogP contribution in [0.25, 0.3) is 16.9 Å². The van der Waals surface area contributed by atoms with Crippen LogP contribution in [0.5, 0.6) is 0 Å². The molecule has 5 nitrogen and oxygen atoms in total. The van der Waals surface area contributed by atoms with Crippen LogP contribution in [0.3, 0.4) is 0 Å². The summed E-state index contributed by atoms with van der Waals surface area (Å²) in [5.41, 5.74) is 1.24. The average molecular weight is 352 g/mol. The van der Waals surface area contributed by atoms with Gasteiger partial charge in [0.25, 0.3) is 0 Å². The van der Waals surface area contributed by atoms with Gasteiger partial charge in [-0.2, -0.15) is 0 Å². The molecule has 0 aliphatic carbocycles. The molecule has 0 aliphatic heterocycles. The predicted octanol–water partition coefficient (Wildman–Crippen LogP) is 2.48. The number of nitrogens with zero attached hydrogens (tertiary/aromatic N) is 2. The molecule has 126 valence electrons. The highest BCUT2D eigenvalue weighted by molar-refractivity contribution is 7.90. The van der Waals surface area contributed by atoms with Crippen LogP contribution in [0.4, 0.5) is 8.78 Å². The van der Waals surface area contributed by atoms with Crippen LogP contribution in [0, 0.1) is 18.6 Å². The second-order valence-electron chi connectivity index (χ2n) is 5.49. The van der Waals surface area contributed by atoms with E-state index in [0.29, 0.717) is 11.1 Å². The summed E-state index contributed by atoms with van der Waals surface area (Å²) in [6.07, 6.45) is 2.55. The Morgan fingerprint density at radius 3 is 2.38 bits per heavy atom. The van der Waals surface area contributed by atoms with Crippen LogP contribution in [0.1, 0.15) is 11.3 Å². The van der Waals surface area contributed by atoms with Gasteiger partial charge in [-0.3, -0.25) is 4.40 Å². The van der Waals surface area contributed by atoms with E-state index in [1.165, 1.54) is 16.7 Å². The lowest BCUT2D eigenvalue weighted by Crippen LogP contribution is -2.03. The van der Waals surface area contributed by atoms with E-state index in [9.17, 15) is 22.3 Å². The van der Waals surface area contributed by atoms with Crippen molar-refractivity contribution in [2.45, 2.75) is 18.4 Å². The fourth-order valence-corrected chi connectivity index (χ4v) is 3.77. The van der Waals surface area contributed by atoms with Crippen LogP contribution in [0.15, 0.2) is 35.4 Å². The molecular weight excluding hydrogens is 338 g/mol. The van der Waals surface area contributed by atoms with E-state index < -0.39 is 28.1 Å². The molecule has 0 unspecified atom stereocenters. The van der Waals surface area contributed by atoms with Crippen LogP contribution >= 0.6 is 0 Å². The fourth-order valence-electron chi connectivity index (χ4n) is 2.80. The summed E-state index contributed by atoms with van der Waals surface area (Å²) in [6, 6.07) is 4.40. The first kappa shape index (κ1) is 16.5. The highest BCUT2D eigenvalue weighted by Crippen LogP contribution is 2.29. The first-order valence-electron chi connectivity index (χ1n) is 7.00. The van der Waals surface area contributed by atoms with Gasteiger partial charge >= 0.3 is 0 Å². The van der Waals surface area contributed by atoms with Gasteiger partial charge in [0.05, 0.1) is 22.7 Å². The normalized spacial score (nSPS) is 12.0. The summed E-state index contributed by atoms with van der Waals surface area (Å²) < 4.78 is 52.3. The summed E-state index contributed by atoms with van der Waals surface area (Å²) in [4.78, 5) is 4.34. The highest BCUT2D eigenvalue weighted by atomic mass is 32.2. The number of aliphatic hydroxyl groups excluding tert-OH is 1. The Kier molecular flexibility index (Phi) is 3.89. The lowest BCUT2D eigenvalue weighted by atomic mass is 10.2. The van der Waals surface area contributed by atoms with Crippen molar-refractivity contribution in [3.8, 4) is 11.4 Å². The summed E-state index contributed by atoms with van der Waals surface area (Å²) in [6.45, 7) is 1.16. The largest absolute Gasteiger partial charge is 0.390 e. The Morgan fingerprint density at radius 1 is 1.21 bits per heavy atom. The average Bonchev–Trinajstić information content (AvgIpc) is 2.85. The maximum Gasteiger partial charge on any atom is 0.175 e. The zero-order chi connectivity index (χ0) is 17.6. The molecule has 0 aliphatic rings. The Hall–Kier alpha value is -2.32. The summed E-state index contributed by atoms with van der Waals surface area (Å²) in [7, 11) is -3.46. The molecule has 0 amide bonds. The third-order valence-corrected chi connectivity index (χ3v) is 4.99. The zero-order valence-corrected chi connectivity index (χ0v) is 13.7. The number of benzene rings is 1. The molecule has 3 rings (SSSR count). The van der Waals surface area contributed by atoms with E-state index in [4.69, 9.17) is 0 Å². The van der Waals surface area contributed by atoms with Gasteiger partial charge in [-0.1, -0.05) is 0 Å². The first-order valence-corrected chi connectivity index (χ1v) is 8.89. The van der Waals surface area contributed by atoms with Gasteiger partial charge in [-0.05, 0) is 30.7 Å². The van der Waals surface area contributed by atoms with Gasteiger partial charge in [-0.25, -0.2) is 22.2 Å². The lowest BCUT2D eigenvalue weighted by molar-refractivity contribution is 0.279. The number of hydrogen-bond donors (Lipinski definition) is 1. The summed E-state index contributed by atoms with van der Waals surface area (Å²) in [5, 5.41) is 9.55. The van der Waals surface area contributed by atoms with Crippen molar-refractivity contribution in [1.82, 2.24) is 9.38 Å². The van der Waals surface area contributed by atoms with Crippen LogP contribution in [-0.2, 0) is 16.4 Å². The molecule has 2 heterocycles. The molecule has 3 aromatic rings. The molecule has 1 N–H and O–H groups in total. The number of aliphatic hydroxyl groups is 1. The number of hydrogen-bond acceptors (Lipinski definition) is 4. The molecule has 1 aromatic carbocycles. The molecule has 0 bridgehead atoms. The van der Waals surface area contributed by atoms with Crippen molar-refractivity contribution in [1.29, 1.82) is 0 Å². The van der Waals surface area contributed by atoms with Crippen LogP contribution in [0.2, 0.25) is 0 Å². The van der Waals surface area contributed by atoms with Crippen molar-refractivity contribution in [2.75, 3.05) is 6.26 Å². The molecular formula is C16H14F2N2O3S. The van der Waals surface area contributed by atoms with E-state index in [0.717, 1.165) is 24.5 Å². The number of aromatic nitrogens is 2. The van der Waals surface area contributed by atoms with Gasteiger partial charge < -0.3 is 5.11 Å². The second kappa shape index (κ2) is 5.64. The first-order chi connectivity index (χ1) is 11.2. The number of rotatable bonds is 3. The maximum absolute atomic E-state index is 13.5. The highest BCUT2D eigenvalue weighted by Gasteiger charge is 2.20. The SMILES string of the molecule is Cc1c(S(C)(=O)=O)ccn2c(-c3cc(F)cc(F)c3)nc(CO)c12. The number of imidazole rings is 1. The van der Waals surface area contributed by atoms with Crippen LogP contribution in [-0.4, -0.2) is 29.2 Å². The Balaban J connectivity index is 2.38. The number of halogens is 2. The molecule has 0 atom stereocenters. The topological polar surface area (TPSA) is 71.7 Å². The van der Waals surface area contributed by atoms with Gasteiger partial charge in [0.2, 0.25) is 0 Å². The van der Waals surface area contributed by atoms with Gasteiger partial charge in [0, 0.05) is 24.1 Å². The molecule has 2 aromatic heterocycles. The van der Waals surface area contributed by atoms with E-state index in [1.54, 1.807) is 6.92 Å². The van der Waals surface area contributed by atoms with Gasteiger partial charge in [-0.15, -0.1) is 0 Å². The number of fused-ring (bicyclic) bond motifs is 1. The standard InChI is InChI=1S/C16H14F2N2O3S/c1-9-14(24(2,22)23)3-4-20-15(9)13(8-21)19-16(20)10-5-11(17)7-12(18)6-10/h3-7,21H,8H2,1-2H3. The number of pyridine rings is 1. The third kappa shape index (κ3) is 2.67. The van der Waals surface area contributed by atoms with E-state index in [2.05, 4.69) is 4.98 Å².